The van der Waals surface area contributed by atoms with Gasteiger partial charge < -0.3 is 14.9 Å². The highest BCUT2D eigenvalue weighted by atomic mass is 35.5. The summed E-state index contributed by atoms with van der Waals surface area (Å²) in [5, 5.41) is 16.5. The first kappa shape index (κ1) is 20.9. The van der Waals surface area contributed by atoms with Gasteiger partial charge in [-0.05, 0) is 43.5 Å². The Morgan fingerprint density at radius 2 is 1.96 bits per heavy atom. The van der Waals surface area contributed by atoms with Crippen molar-refractivity contribution in [3.05, 3.63) is 35.2 Å². The van der Waals surface area contributed by atoms with Crippen molar-refractivity contribution in [1.29, 1.82) is 0 Å². The molecule has 1 aromatic carbocycles. The van der Waals surface area contributed by atoms with Crippen molar-refractivity contribution in [3.63, 3.8) is 0 Å². The summed E-state index contributed by atoms with van der Waals surface area (Å²) in [5.74, 6) is -0.211. The Hall–Kier alpha value is -2.41. The summed E-state index contributed by atoms with van der Waals surface area (Å²) >= 11 is 5.86. The molecule has 0 spiro atoms. The van der Waals surface area contributed by atoms with Gasteiger partial charge in [0, 0.05) is 29.0 Å². The van der Waals surface area contributed by atoms with E-state index in [-0.39, 0.29) is 24.7 Å². The molecule has 0 fully saturated rings. The van der Waals surface area contributed by atoms with E-state index < -0.39 is 11.5 Å². The number of aromatic nitrogens is 2. The van der Waals surface area contributed by atoms with Crippen LogP contribution >= 0.6 is 11.6 Å². The van der Waals surface area contributed by atoms with Gasteiger partial charge in [0.05, 0.1) is 6.42 Å². The maximum atomic E-state index is 12.2. The Kier molecular flexibility index (Phi) is 6.96. The van der Waals surface area contributed by atoms with E-state index in [4.69, 9.17) is 21.2 Å². The molecule has 0 saturated carbocycles. The van der Waals surface area contributed by atoms with E-state index in [1.54, 1.807) is 31.2 Å². The summed E-state index contributed by atoms with van der Waals surface area (Å²) in [7, 11) is 0. The second kappa shape index (κ2) is 8.99. The molecule has 0 bridgehead atoms. The normalized spacial score (nSPS) is 13.4. The number of benzene rings is 1. The molecule has 2 N–H and O–H groups in total. The lowest BCUT2D eigenvalue weighted by Crippen LogP contribution is -2.51. The zero-order valence-corrected chi connectivity index (χ0v) is 16.4. The number of hydrogen-bond donors (Lipinski definition) is 2. The summed E-state index contributed by atoms with van der Waals surface area (Å²) in [6, 6.07) is 7.11. The fourth-order valence-electron chi connectivity index (χ4n) is 2.56. The lowest BCUT2D eigenvalue weighted by molar-refractivity contribution is -0.139. The Bertz CT molecular complexity index is 789. The van der Waals surface area contributed by atoms with Crippen molar-refractivity contribution in [2.24, 2.45) is 5.92 Å². The fraction of sp³-hybridized carbons (Fsp3) is 0.474. The van der Waals surface area contributed by atoms with Crippen molar-refractivity contribution in [1.82, 2.24) is 15.5 Å². The number of carboxylic acid groups (broad SMARTS) is 1. The zero-order valence-electron chi connectivity index (χ0n) is 15.7. The van der Waals surface area contributed by atoms with Gasteiger partial charge in [-0.1, -0.05) is 30.6 Å². The highest BCUT2D eigenvalue weighted by Crippen LogP contribution is 2.22. The van der Waals surface area contributed by atoms with Gasteiger partial charge in [-0.15, -0.1) is 0 Å². The largest absolute Gasteiger partial charge is 0.481 e. The highest BCUT2D eigenvalue weighted by Gasteiger charge is 2.32. The number of carboxylic acids is 1. The molecule has 7 nitrogen and oxygen atoms in total. The molecule has 1 aromatic heterocycles. The average Bonchev–Trinajstić information content (AvgIpc) is 3.03. The molecule has 0 aliphatic carbocycles. The SMILES string of the molecule is CC(C)C(C)(CC(=O)O)NC(=O)CCCc1nc(-c2ccc(Cl)cc2)no1. The van der Waals surface area contributed by atoms with Gasteiger partial charge in [-0.2, -0.15) is 4.98 Å². The lowest BCUT2D eigenvalue weighted by Gasteiger charge is -2.33. The minimum Gasteiger partial charge on any atom is -0.481 e. The lowest BCUT2D eigenvalue weighted by atomic mass is 9.85. The fourth-order valence-corrected chi connectivity index (χ4v) is 2.69. The maximum Gasteiger partial charge on any atom is 0.305 e. The van der Waals surface area contributed by atoms with Crippen LogP contribution in [0.15, 0.2) is 28.8 Å². The van der Waals surface area contributed by atoms with Gasteiger partial charge in [-0.25, -0.2) is 0 Å². The minimum atomic E-state index is -0.938. The molecular weight excluding hydrogens is 370 g/mol. The smallest absolute Gasteiger partial charge is 0.305 e. The third kappa shape index (κ3) is 6.06. The van der Waals surface area contributed by atoms with E-state index in [1.165, 1.54) is 0 Å². The third-order valence-electron chi connectivity index (χ3n) is 4.58. The molecule has 1 heterocycles. The minimum absolute atomic E-state index is 0.00424. The quantitative estimate of drug-likeness (QED) is 0.672. The molecule has 0 saturated heterocycles. The number of hydrogen-bond acceptors (Lipinski definition) is 5. The van der Waals surface area contributed by atoms with Crippen LogP contribution in [0.2, 0.25) is 5.02 Å². The summed E-state index contributed by atoms with van der Waals surface area (Å²) in [6.45, 7) is 5.53. The number of aryl methyl sites for hydroxylation is 1. The summed E-state index contributed by atoms with van der Waals surface area (Å²) in [6.07, 6.45) is 1.12. The van der Waals surface area contributed by atoms with Gasteiger partial charge >= 0.3 is 5.97 Å². The van der Waals surface area contributed by atoms with Crippen LogP contribution in [0.3, 0.4) is 0 Å². The Morgan fingerprint density at radius 1 is 1.30 bits per heavy atom. The van der Waals surface area contributed by atoms with Crippen LogP contribution in [0.25, 0.3) is 11.4 Å². The third-order valence-corrected chi connectivity index (χ3v) is 4.83. The van der Waals surface area contributed by atoms with E-state index >= 15 is 0 Å². The predicted octanol–water partition coefficient (Wildman–Crippen LogP) is 3.72. The van der Waals surface area contributed by atoms with Gasteiger partial charge in [-0.3, -0.25) is 9.59 Å². The molecule has 0 radical (unpaired) electrons. The number of aliphatic carboxylic acids is 1. The first-order valence-electron chi connectivity index (χ1n) is 8.81. The predicted molar refractivity (Wildman–Crippen MR) is 101 cm³/mol. The van der Waals surface area contributed by atoms with Crippen molar-refractivity contribution in [2.45, 2.75) is 52.0 Å². The van der Waals surface area contributed by atoms with E-state index in [1.807, 2.05) is 13.8 Å². The standard InChI is InChI=1S/C19H24ClN3O4/c1-12(2)19(3,11-17(25)26)22-15(24)5-4-6-16-21-18(23-27-16)13-7-9-14(20)10-8-13/h7-10,12H,4-6,11H2,1-3H3,(H,22,24)(H,25,26). The average molecular weight is 394 g/mol. The van der Waals surface area contributed by atoms with Crippen LogP contribution < -0.4 is 5.32 Å². The Morgan fingerprint density at radius 3 is 2.56 bits per heavy atom. The number of rotatable bonds is 9. The molecular formula is C19H24ClN3O4. The van der Waals surface area contributed by atoms with Crippen molar-refractivity contribution in [2.75, 3.05) is 0 Å². The van der Waals surface area contributed by atoms with Gasteiger partial charge in [0.2, 0.25) is 17.6 Å². The van der Waals surface area contributed by atoms with Gasteiger partial charge in [0.15, 0.2) is 0 Å². The van der Waals surface area contributed by atoms with E-state index in [2.05, 4.69) is 15.5 Å². The zero-order chi connectivity index (χ0) is 20.0. The Balaban J connectivity index is 1.86. The van der Waals surface area contributed by atoms with E-state index in [0.717, 1.165) is 5.56 Å². The monoisotopic (exact) mass is 393 g/mol. The number of halogens is 1. The molecule has 0 aliphatic heterocycles. The number of nitrogens with zero attached hydrogens (tertiary/aromatic N) is 2. The van der Waals surface area contributed by atoms with Crippen LogP contribution in [0.5, 0.6) is 0 Å². The molecule has 8 heteroatoms. The Labute approximate surface area is 163 Å². The number of amides is 1. The summed E-state index contributed by atoms with van der Waals surface area (Å²) < 4.78 is 5.22. The molecule has 2 rings (SSSR count). The molecule has 0 aliphatic rings. The van der Waals surface area contributed by atoms with Gasteiger partial charge in [0.1, 0.15) is 0 Å². The second-order valence-corrected chi connectivity index (χ2v) is 7.50. The van der Waals surface area contributed by atoms with E-state index in [0.29, 0.717) is 29.6 Å². The molecule has 146 valence electrons. The number of nitrogens with one attached hydrogen (secondary N) is 1. The van der Waals surface area contributed by atoms with E-state index in [9.17, 15) is 9.59 Å². The van der Waals surface area contributed by atoms with Gasteiger partial charge in [0.25, 0.3) is 0 Å². The van der Waals surface area contributed by atoms with Crippen LogP contribution in [-0.2, 0) is 16.0 Å². The van der Waals surface area contributed by atoms with Crippen LogP contribution in [0, 0.1) is 5.92 Å². The second-order valence-electron chi connectivity index (χ2n) is 7.06. The first-order chi connectivity index (χ1) is 12.7. The van der Waals surface area contributed by atoms with Crippen LogP contribution in [-0.4, -0.2) is 32.7 Å². The summed E-state index contributed by atoms with van der Waals surface area (Å²) in [5.41, 5.74) is 0.0170. The number of carbonyl (C=O) groups is 2. The molecule has 1 unspecified atom stereocenters. The summed E-state index contributed by atoms with van der Waals surface area (Å²) in [4.78, 5) is 27.6. The molecule has 27 heavy (non-hydrogen) atoms. The molecule has 2 aromatic rings. The van der Waals surface area contributed by atoms with Crippen molar-refractivity contribution < 1.29 is 19.2 Å². The molecule has 1 atom stereocenters. The van der Waals surface area contributed by atoms with Crippen LogP contribution in [0.4, 0.5) is 0 Å². The van der Waals surface area contributed by atoms with Crippen molar-refractivity contribution >= 4 is 23.5 Å². The topological polar surface area (TPSA) is 105 Å². The van der Waals surface area contributed by atoms with Crippen LogP contribution in [0.1, 0.15) is 45.9 Å². The maximum absolute atomic E-state index is 12.2. The first-order valence-corrected chi connectivity index (χ1v) is 9.19. The van der Waals surface area contributed by atoms with Crippen molar-refractivity contribution in [3.8, 4) is 11.4 Å². The number of carbonyl (C=O) groups excluding carboxylic acids is 1. The highest BCUT2D eigenvalue weighted by molar-refractivity contribution is 6.30. The molecule has 1 amide bonds.